The number of nitrogens with one attached hydrogen (secondary N) is 1. The van der Waals surface area contributed by atoms with Crippen LogP contribution in [0.5, 0.6) is 0 Å². The summed E-state index contributed by atoms with van der Waals surface area (Å²) >= 11 is 0. The average molecular weight is 395 g/mol. The summed E-state index contributed by atoms with van der Waals surface area (Å²) in [6.45, 7) is 1.78. The van der Waals surface area contributed by atoms with Gasteiger partial charge in [-0.15, -0.1) is 10.2 Å². The zero-order chi connectivity index (χ0) is 20.5. The maximum atomic E-state index is 13.2. The highest BCUT2D eigenvalue weighted by Gasteiger charge is 2.35. The van der Waals surface area contributed by atoms with Gasteiger partial charge in [-0.3, -0.25) is 19.0 Å². The topological polar surface area (TPSA) is 118 Å². The Balaban J connectivity index is 1.55. The molecule has 0 spiro atoms. The van der Waals surface area contributed by atoms with Crippen molar-refractivity contribution < 1.29 is 14.0 Å². The molecule has 2 atom stereocenters. The molecule has 10 heteroatoms. The van der Waals surface area contributed by atoms with Crippen LogP contribution in [0.2, 0.25) is 0 Å². The van der Waals surface area contributed by atoms with Crippen LogP contribution in [-0.2, 0) is 9.59 Å². The van der Waals surface area contributed by atoms with Gasteiger partial charge in [0.05, 0.1) is 11.7 Å². The fraction of sp³-hybridized carbons (Fsp3) is 0.211. The van der Waals surface area contributed by atoms with Gasteiger partial charge in [0.1, 0.15) is 17.6 Å². The van der Waals surface area contributed by atoms with E-state index in [2.05, 4.69) is 20.6 Å². The molecular formula is C19H18FN7O2. The first-order valence-corrected chi connectivity index (χ1v) is 8.96. The summed E-state index contributed by atoms with van der Waals surface area (Å²) in [5, 5.41) is 16.6. The van der Waals surface area contributed by atoms with Gasteiger partial charge in [-0.2, -0.15) is 5.10 Å². The van der Waals surface area contributed by atoms with Gasteiger partial charge in [-0.05, 0) is 43.3 Å². The number of nitrogens with zero attached hydrogens (tertiary/aromatic N) is 5. The highest BCUT2D eigenvalue weighted by Crippen LogP contribution is 2.25. The SMILES string of the molecule is CC(NC(=O)C1=NN(c2ccc(F)cc2)C(C(N)=O)C1)c1nnc2ccccn12. The molecule has 0 fully saturated rings. The summed E-state index contributed by atoms with van der Waals surface area (Å²) in [6.07, 6.45) is 1.85. The molecular weight excluding hydrogens is 377 g/mol. The number of primary amides is 1. The lowest BCUT2D eigenvalue weighted by molar-refractivity contribution is -0.119. The second-order valence-corrected chi connectivity index (χ2v) is 6.67. The number of benzene rings is 1. The molecule has 0 radical (unpaired) electrons. The Morgan fingerprint density at radius 1 is 1.21 bits per heavy atom. The third-order valence-corrected chi connectivity index (χ3v) is 4.67. The molecule has 3 N–H and O–H groups in total. The van der Waals surface area contributed by atoms with Crippen LogP contribution in [0.25, 0.3) is 5.65 Å². The molecule has 1 aromatic carbocycles. The molecule has 1 aliphatic heterocycles. The Labute approximate surface area is 165 Å². The molecule has 29 heavy (non-hydrogen) atoms. The largest absolute Gasteiger partial charge is 0.368 e. The Hall–Kier alpha value is -3.82. The standard InChI is InChI=1S/C19H18FN7O2/c1-11(18-24-23-16-4-2-3-9-26(16)18)22-19(29)14-10-15(17(21)28)27(25-14)13-7-5-12(20)6-8-13/h2-9,11,15H,10H2,1H3,(H2,21,28)(H,22,29). The van der Waals surface area contributed by atoms with Gasteiger partial charge < -0.3 is 11.1 Å². The zero-order valence-electron chi connectivity index (χ0n) is 15.5. The smallest absolute Gasteiger partial charge is 0.268 e. The third kappa shape index (κ3) is 3.51. The van der Waals surface area contributed by atoms with Crippen molar-refractivity contribution >= 4 is 28.9 Å². The Morgan fingerprint density at radius 3 is 2.69 bits per heavy atom. The van der Waals surface area contributed by atoms with Gasteiger partial charge in [-0.1, -0.05) is 6.07 Å². The van der Waals surface area contributed by atoms with Crippen molar-refractivity contribution in [3.05, 3.63) is 60.3 Å². The number of fused-ring (bicyclic) bond motifs is 1. The molecule has 0 bridgehead atoms. The molecule has 148 valence electrons. The molecule has 2 unspecified atom stereocenters. The van der Waals surface area contributed by atoms with Crippen molar-refractivity contribution in [1.29, 1.82) is 0 Å². The summed E-state index contributed by atoms with van der Waals surface area (Å²) < 4.78 is 15.0. The van der Waals surface area contributed by atoms with Crippen LogP contribution in [0.1, 0.15) is 25.2 Å². The Morgan fingerprint density at radius 2 is 1.97 bits per heavy atom. The quantitative estimate of drug-likeness (QED) is 0.672. The van der Waals surface area contributed by atoms with Crippen molar-refractivity contribution in [2.45, 2.75) is 25.4 Å². The molecule has 1 aliphatic rings. The number of carbonyl (C=O) groups is 2. The molecule has 0 saturated carbocycles. The van der Waals surface area contributed by atoms with Crippen LogP contribution in [0.3, 0.4) is 0 Å². The summed E-state index contributed by atoms with van der Waals surface area (Å²) in [7, 11) is 0. The van der Waals surface area contributed by atoms with E-state index in [4.69, 9.17) is 5.73 Å². The molecule has 0 aliphatic carbocycles. The minimum atomic E-state index is -0.828. The molecule has 0 saturated heterocycles. The zero-order valence-corrected chi connectivity index (χ0v) is 15.5. The van der Waals surface area contributed by atoms with Crippen LogP contribution < -0.4 is 16.1 Å². The molecule has 9 nitrogen and oxygen atoms in total. The van der Waals surface area contributed by atoms with Gasteiger partial charge in [-0.25, -0.2) is 4.39 Å². The monoisotopic (exact) mass is 395 g/mol. The normalized spacial score (nSPS) is 17.2. The summed E-state index contributed by atoms with van der Waals surface area (Å²) in [5.74, 6) is -0.923. The van der Waals surface area contributed by atoms with Crippen LogP contribution >= 0.6 is 0 Å². The number of carbonyl (C=O) groups excluding carboxylic acids is 2. The predicted molar refractivity (Wildman–Crippen MR) is 103 cm³/mol. The van der Waals surface area contributed by atoms with Crippen LogP contribution in [0, 0.1) is 5.82 Å². The van der Waals surface area contributed by atoms with E-state index >= 15 is 0 Å². The number of amides is 2. The number of aromatic nitrogens is 3. The summed E-state index contributed by atoms with van der Waals surface area (Å²) in [4.78, 5) is 24.6. The maximum absolute atomic E-state index is 13.2. The van der Waals surface area contributed by atoms with Gasteiger partial charge in [0.2, 0.25) is 5.91 Å². The van der Waals surface area contributed by atoms with Gasteiger partial charge in [0, 0.05) is 12.6 Å². The van der Waals surface area contributed by atoms with Crippen molar-refractivity contribution in [2.75, 3.05) is 5.01 Å². The van der Waals surface area contributed by atoms with E-state index < -0.39 is 29.7 Å². The van der Waals surface area contributed by atoms with Gasteiger partial charge >= 0.3 is 0 Å². The first kappa shape index (κ1) is 18.5. The minimum absolute atomic E-state index is 0.0475. The lowest BCUT2D eigenvalue weighted by atomic mass is 10.1. The minimum Gasteiger partial charge on any atom is -0.368 e. The first-order chi connectivity index (χ1) is 13.9. The van der Waals surface area contributed by atoms with Crippen LogP contribution in [0.15, 0.2) is 53.8 Å². The molecule has 4 rings (SSSR count). The summed E-state index contributed by atoms with van der Waals surface area (Å²) in [5.41, 5.74) is 6.76. The van der Waals surface area contributed by atoms with Gasteiger partial charge in [0.15, 0.2) is 11.5 Å². The third-order valence-electron chi connectivity index (χ3n) is 4.67. The number of anilines is 1. The van der Waals surface area contributed by atoms with E-state index in [1.165, 1.54) is 29.3 Å². The van der Waals surface area contributed by atoms with E-state index in [1.807, 2.05) is 18.2 Å². The van der Waals surface area contributed by atoms with Crippen molar-refractivity contribution in [3.8, 4) is 0 Å². The van der Waals surface area contributed by atoms with Crippen molar-refractivity contribution in [2.24, 2.45) is 10.8 Å². The fourth-order valence-corrected chi connectivity index (χ4v) is 3.20. The lowest BCUT2D eigenvalue weighted by Gasteiger charge is -2.20. The molecule has 3 aromatic rings. The van der Waals surface area contributed by atoms with Crippen LogP contribution in [0.4, 0.5) is 10.1 Å². The molecule has 2 amide bonds. The number of hydrazone groups is 1. The number of hydrogen-bond donors (Lipinski definition) is 2. The van der Waals surface area contributed by atoms with Gasteiger partial charge in [0.25, 0.3) is 5.91 Å². The maximum Gasteiger partial charge on any atom is 0.268 e. The first-order valence-electron chi connectivity index (χ1n) is 8.96. The number of nitrogens with two attached hydrogens (primary N) is 1. The van der Waals surface area contributed by atoms with Crippen molar-refractivity contribution in [3.63, 3.8) is 0 Å². The average Bonchev–Trinajstić information content (AvgIpc) is 3.33. The fourth-order valence-electron chi connectivity index (χ4n) is 3.20. The lowest BCUT2D eigenvalue weighted by Crippen LogP contribution is -2.40. The highest BCUT2D eigenvalue weighted by atomic mass is 19.1. The number of halogens is 1. The molecule has 2 aromatic heterocycles. The van der Waals surface area contributed by atoms with E-state index in [-0.39, 0.29) is 12.1 Å². The van der Waals surface area contributed by atoms with E-state index in [0.29, 0.717) is 17.2 Å². The Bertz CT molecular complexity index is 1110. The van der Waals surface area contributed by atoms with E-state index in [1.54, 1.807) is 17.5 Å². The van der Waals surface area contributed by atoms with E-state index in [0.717, 1.165) is 0 Å². The number of pyridine rings is 1. The van der Waals surface area contributed by atoms with E-state index in [9.17, 15) is 14.0 Å². The van der Waals surface area contributed by atoms with Crippen molar-refractivity contribution in [1.82, 2.24) is 19.9 Å². The number of rotatable bonds is 5. The summed E-state index contributed by atoms with van der Waals surface area (Å²) in [6, 6.07) is 9.66. The number of hydrogen-bond acceptors (Lipinski definition) is 6. The predicted octanol–water partition coefficient (Wildman–Crippen LogP) is 1.17. The highest BCUT2D eigenvalue weighted by molar-refractivity contribution is 6.40. The molecule has 3 heterocycles. The second-order valence-electron chi connectivity index (χ2n) is 6.67. The van der Waals surface area contributed by atoms with Crippen LogP contribution in [-0.4, -0.2) is 38.2 Å². The Kier molecular flexibility index (Phi) is 4.67. The second kappa shape index (κ2) is 7.30.